The fourth-order valence-corrected chi connectivity index (χ4v) is 2.84. The molecule has 1 N–H and O–H groups in total. The average Bonchev–Trinajstić information content (AvgIpc) is 2.49. The van der Waals surface area contributed by atoms with Gasteiger partial charge in [0.1, 0.15) is 11.3 Å². The number of aromatic nitrogens is 1. The quantitative estimate of drug-likeness (QED) is 0.925. The lowest BCUT2D eigenvalue weighted by atomic mass is 9.97. The third kappa shape index (κ3) is 3.10. The van der Waals surface area contributed by atoms with Crippen LogP contribution >= 0.6 is 0 Å². The molecule has 1 aromatic heterocycles. The number of nitrogens with one attached hydrogen (secondary N) is 1. The van der Waals surface area contributed by atoms with Crippen molar-refractivity contribution >= 4 is 10.9 Å². The van der Waals surface area contributed by atoms with Gasteiger partial charge in [-0.3, -0.25) is 0 Å². The predicted octanol–water partition coefficient (Wildman–Crippen LogP) is 3.31. The fraction of sp³-hybridized carbons (Fsp3) is 0.471. The predicted molar refractivity (Wildman–Crippen MR) is 82.2 cm³/mol. The molecule has 1 aliphatic rings. The second-order valence-electron chi connectivity index (χ2n) is 5.63. The SMILES string of the molecule is Cc1ccc2cccc(OCCC3CCCNC3)c2n1. The molecule has 3 rings (SSSR count). The summed E-state index contributed by atoms with van der Waals surface area (Å²) in [7, 11) is 0. The Balaban J connectivity index is 1.66. The number of hydrogen-bond acceptors (Lipinski definition) is 3. The highest BCUT2D eigenvalue weighted by Gasteiger charge is 2.13. The lowest BCUT2D eigenvalue weighted by Crippen LogP contribution is -2.30. The van der Waals surface area contributed by atoms with Crippen molar-refractivity contribution in [1.29, 1.82) is 0 Å². The van der Waals surface area contributed by atoms with E-state index in [0.29, 0.717) is 0 Å². The number of nitrogens with zero attached hydrogens (tertiary/aromatic N) is 1. The van der Waals surface area contributed by atoms with Gasteiger partial charge in [-0.15, -0.1) is 0 Å². The Labute approximate surface area is 120 Å². The largest absolute Gasteiger partial charge is 0.491 e. The lowest BCUT2D eigenvalue weighted by molar-refractivity contribution is 0.256. The standard InChI is InChI=1S/C17H22N2O/c1-13-7-8-15-5-2-6-16(17(15)19-13)20-11-9-14-4-3-10-18-12-14/h2,5-8,14,18H,3-4,9-12H2,1H3. The zero-order valence-corrected chi connectivity index (χ0v) is 12.1. The third-order valence-corrected chi connectivity index (χ3v) is 4.01. The maximum absolute atomic E-state index is 5.99. The summed E-state index contributed by atoms with van der Waals surface area (Å²) in [5, 5.41) is 4.60. The van der Waals surface area contributed by atoms with Gasteiger partial charge >= 0.3 is 0 Å². The Kier molecular flexibility index (Phi) is 4.16. The Morgan fingerprint density at radius 2 is 2.25 bits per heavy atom. The Morgan fingerprint density at radius 1 is 1.30 bits per heavy atom. The number of pyridine rings is 1. The molecule has 1 fully saturated rings. The molecule has 106 valence electrons. The molecule has 2 heterocycles. The van der Waals surface area contributed by atoms with Gasteiger partial charge in [0.25, 0.3) is 0 Å². The van der Waals surface area contributed by atoms with E-state index >= 15 is 0 Å². The molecule has 0 aliphatic carbocycles. The van der Waals surface area contributed by atoms with E-state index < -0.39 is 0 Å². The molecule has 1 unspecified atom stereocenters. The van der Waals surface area contributed by atoms with Crippen LogP contribution in [-0.2, 0) is 0 Å². The van der Waals surface area contributed by atoms with Crippen molar-refractivity contribution in [3.8, 4) is 5.75 Å². The molecule has 3 nitrogen and oxygen atoms in total. The smallest absolute Gasteiger partial charge is 0.145 e. The van der Waals surface area contributed by atoms with Gasteiger partial charge in [0.15, 0.2) is 0 Å². The topological polar surface area (TPSA) is 34.1 Å². The van der Waals surface area contributed by atoms with Crippen molar-refractivity contribution in [1.82, 2.24) is 10.3 Å². The van der Waals surface area contributed by atoms with Crippen LogP contribution in [0, 0.1) is 12.8 Å². The second-order valence-corrected chi connectivity index (χ2v) is 5.63. The van der Waals surface area contributed by atoms with E-state index in [9.17, 15) is 0 Å². The summed E-state index contributed by atoms with van der Waals surface area (Å²) in [5.74, 6) is 1.67. The van der Waals surface area contributed by atoms with Gasteiger partial charge in [0, 0.05) is 11.1 Å². The van der Waals surface area contributed by atoms with E-state index in [0.717, 1.165) is 47.8 Å². The minimum atomic E-state index is 0.758. The number of fused-ring (bicyclic) bond motifs is 1. The van der Waals surface area contributed by atoms with Gasteiger partial charge in [-0.1, -0.05) is 18.2 Å². The number of aryl methyl sites for hydroxylation is 1. The second kappa shape index (κ2) is 6.23. The van der Waals surface area contributed by atoms with Crippen molar-refractivity contribution in [2.75, 3.05) is 19.7 Å². The first kappa shape index (κ1) is 13.4. The summed E-state index contributed by atoms with van der Waals surface area (Å²) in [6.07, 6.45) is 3.73. The molecule has 1 atom stereocenters. The van der Waals surface area contributed by atoms with Crippen LogP contribution in [0.4, 0.5) is 0 Å². The number of benzene rings is 1. The van der Waals surface area contributed by atoms with Crippen molar-refractivity contribution < 1.29 is 4.74 Å². The van der Waals surface area contributed by atoms with Crippen molar-refractivity contribution in [3.05, 3.63) is 36.0 Å². The van der Waals surface area contributed by atoms with Crippen molar-refractivity contribution in [2.45, 2.75) is 26.2 Å². The zero-order valence-electron chi connectivity index (χ0n) is 12.1. The van der Waals surface area contributed by atoms with Crippen LogP contribution < -0.4 is 10.1 Å². The van der Waals surface area contributed by atoms with Crippen molar-refractivity contribution in [2.24, 2.45) is 5.92 Å². The van der Waals surface area contributed by atoms with Gasteiger partial charge in [0.05, 0.1) is 6.61 Å². The van der Waals surface area contributed by atoms with Crippen LogP contribution in [0.3, 0.4) is 0 Å². The normalized spacial score (nSPS) is 19.1. The Hall–Kier alpha value is -1.61. The minimum absolute atomic E-state index is 0.758. The van der Waals surface area contributed by atoms with Gasteiger partial charge in [-0.2, -0.15) is 0 Å². The fourth-order valence-electron chi connectivity index (χ4n) is 2.84. The molecule has 0 radical (unpaired) electrons. The molecule has 2 aromatic rings. The number of hydrogen-bond donors (Lipinski definition) is 1. The summed E-state index contributed by atoms with van der Waals surface area (Å²) >= 11 is 0. The highest BCUT2D eigenvalue weighted by Crippen LogP contribution is 2.24. The van der Waals surface area contributed by atoms with E-state index in [1.165, 1.54) is 19.4 Å². The Bertz CT molecular complexity index is 576. The molecule has 20 heavy (non-hydrogen) atoms. The maximum Gasteiger partial charge on any atom is 0.145 e. The minimum Gasteiger partial charge on any atom is -0.491 e. The summed E-state index contributed by atoms with van der Waals surface area (Å²) in [5.41, 5.74) is 2.01. The highest BCUT2D eigenvalue weighted by atomic mass is 16.5. The average molecular weight is 270 g/mol. The molecule has 0 saturated carbocycles. The molecule has 0 spiro atoms. The van der Waals surface area contributed by atoms with Gasteiger partial charge in [-0.05, 0) is 57.3 Å². The van der Waals surface area contributed by atoms with E-state index in [1.54, 1.807) is 0 Å². The molecule has 0 amide bonds. The molecule has 0 bridgehead atoms. The van der Waals surface area contributed by atoms with Crippen LogP contribution in [0.5, 0.6) is 5.75 Å². The van der Waals surface area contributed by atoms with Crippen LogP contribution in [0.25, 0.3) is 10.9 Å². The number of rotatable bonds is 4. The Morgan fingerprint density at radius 3 is 3.10 bits per heavy atom. The van der Waals surface area contributed by atoms with Crippen LogP contribution in [0.2, 0.25) is 0 Å². The number of para-hydroxylation sites is 1. The first-order chi connectivity index (χ1) is 9.83. The van der Waals surface area contributed by atoms with Gasteiger partial charge < -0.3 is 10.1 Å². The molecule has 1 aromatic carbocycles. The molecule has 3 heteroatoms. The maximum atomic E-state index is 5.99. The molecular formula is C17H22N2O. The van der Waals surface area contributed by atoms with Gasteiger partial charge in [0.2, 0.25) is 0 Å². The first-order valence-corrected chi connectivity index (χ1v) is 7.53. The monoisotopic (exact) mass is 270 g/mol. The molecule has 1 saturated heterocycles. The number of ether oxygens (including phenoxy) is 1. The van der Waals surface area contributed by atoms with E-state index in [2.05, 4.69) is 22.4 Å². The highest BCUT2D eigenvalue weighted by molar-refractivity contribution is 5.84. The summed E-state index contributed by atoms with van der Waals surface area (Å²) in [4.78, 5) is 4.60. The summed E-state index contributed by atoms with van der Waals surface area (Å²) in [6.45, 7) is 5.10. The summed E-state index contributed by atoms with van der Waals surface area (Å²) in [6, 6.07) is 10.3. The van der Waals surface area contributed by atoms with Crippen LogP contribution in [0.1, 0.15) is 25.0 Å². The van der Waals surface area contributed by atoms with E-state index in [-0.39, 0.29) is 0 Å². The molecule has 1 aliphatic heterocycles. The zero-order chi connectivity index (χ0) is 13.8. The van der Waals surface area contributed by atoms with Crippen LogP contribution in [-0.4, -0.2) is 24.7 Å². The first-order valence-electron chi connectivity index (χ1n) is 7.53. The molecular weight excluding hydrogens is 248 g/mol. The van der Waals surface area contributed by atoms with Gasteiger partial charge in [-0.25, -0.2) is 4.98 Å². The number of piperidine rings is 1. The van der Waals surface area contributed by atoms with E-state index in [1.807, 2.05) is 25.1 Å². The summed E-state index contributed by atoms with van der Waals surface area (Å²) < 4.78 is 5.99. The van der Waals surface area contributed by atoms with Crippen molar-refractivity contribution in [3.63, 3.8) is 0 Å². The van der Waals surface area contributed by atoms with Crippen LogP contribution in [0.15, 0.2) is 30.3 Å². The third-order valence-electron chi connectivity index (χ3n) is 4.01. The lowest BCUT2D eigenvalue weighted by Gasteiger charge is -2.22. The van der Waals surface area contributed by atoms with E-state index in [4.69, 9.17) is 4.74 Å².